The van der Waals surface area contributed by atoms with Crippen LogP contribution in [0.3, 0.4) is 0 Å². The number of carbonyl (C=O) groups excluding carboxylic acids is 1. The minimum atomic E-state index is -0.134. The fourth-order valence-corrected chi connectivity index (χ4v) is 3.77. The topological polar surface area (TPSA) is 104 Å². The monoisotopic (exact) mass is 358 g/mol. The lowest BCUT2D eigenvalue weighted by Gasteiger charge is -2.12. The second kappa shape index (κ2) is 8.54. The number of aromatic amines is 1. The van der Waals surface area contributed by atoms with Crippen LogP contribution >= 0.6 is 0 Å². The highest BCUT2D eigenvalue weighted by Crippen LogP contribution is 2.35. The van der Waals surface area contributed by atoms with Crippen LogP contribution in [0.1, 0.15) is 74.0 Å². The summed E-state index contributed by atoms with van der Waals surface area (Å²) in [7, 11) is 0. The molecule has 6 heteroatoms. The van der Waals surface area contributed by atoms with Crippen molar-refractivity contribution < 1.29 is 9.90 Å². The number of carbonyl (C=O) groups is 1. The number of H-pyrrole nitrogens is 1. The van der Waals surface area contributed by atoms with E-state index in [1.807, 2.05) is 0 Å². The van der Waals surface area contributed by atoms with E-state index in [-0.39, 0.29) is 11.7 Å². The van der Waals surface area contributed by atoms with Gasteiger partial charge in [0.25, 0.3) is 5.91 Å². The number of aromatic nitrogens is 2. The fraction of sp³-hybridized carbons (Fsp3) is 0.600. The molecule has 1 aliphatic rings. The second-order valence-electron chi connectivity index (χ2n) is 7.56. The maximum atomic E-state index is 12.7. The van der Waals surface area contributed by atoms with Gasteiger partial charge in [-0.05, 0) is 50.3 Å². The van der Waals surface area contributed by atoms with Crippen molar-refractivity contribution in [2.75, 3.05) is 13.1 Å². The van der Waals surface area contributed by atoms with E-state index in [2.05, 4.69) is 22.2 Å². The SMILES string of the molecule is CC(CCCCN)CNC(=O)c1ccc(O)c2[nH]c(C3CCCC3)nc12. The van der Waals surface area contributed by atoms with E-state index in [9.17, 15) is 9.90 Å². The van der Waals surface area contributed by atoms with E-state index >= 15 is 0 Å². The number of fused-ring (bicyclic) bond motifs is 1. The van der Waals surface area contributed by atoms with Gasteiger partial charge in [-0.3, -0.25) is 4.79 Å². The van der Waals surface area contributed by atoms with Crippen LogP contribution in [0.15, 0.2) is 12.1 Å². The third kappa shape index (κ3) is 4.18. The predicted octanol–water partition coefficient (Wildman–Crippen LogP) is 3.42. The molecule has 1 atom stereocenters. The summed E-state index contributed by atoms with van der Waals surface area (Å²) in [5.74, 6) is 1.71. The lowest BCUT2D eigenvalue weighted by molar-refractivity contribution is 0.0949. The molecule has 1 aromatic carbocycles. The highest BCUT2D eigenvalue weighted by atomic mass is 16.3. The predicted molar refractivity (Wildman–Crippen MR) is 103 cm³/mol. The van der Waals surface area contributed by atoms with Gasteiger partial charge in [0.15, 0.2) is 0 Å². The van der Waals surface area contributed by atoms with Crippen LogP contribution in [-0.4, -0.2) is 34.1 Å². The van der Waals surface area contributed by atoms with E-state index in [0.29, 0.717) is 41.5 Å². The van der Waals surface area contributed by atoms with Crippen LogP contribution in [0.2, 0.25) is 0 Å². The molecule has 1 fully saturated rings. The molecule has 3 rings (SSSR count). The van der Waals surface area contributed by atoms with Gasteiger partial charge in [0, 0.05) is 12.5 Å². The maximum Gasteiger partial charge on any atom is 0.253 e. The lowest BCUT2D eigenvalue weighted by atomic mass is 10.0. The van der Waals surface area contributed by atoms with Gasteiger partial charge in [0.05, 0.1) is 5.56 Å². The highest BCUT2D eigenvalue weighted by molar-refractivity contribution is 6.06. The molecule has 1 aromatic heterocycles. The van der Waals surface area contributed by atoms with Gasteiger partial charge in [-0.25, -0.2) is 4.98 Å². The third-order valence-corrected chi connectivity index (χ3v) is 5.39. The van der Waals surface area contributed by atoms with Gasteiger partial charge in [-0.2, -0.15) is 0 Å². The molecule has 0 aliphatic heterocycles. The number of nitrogens with two attached hydrogens (primary N) is 1. The summed E-state index contributed by atoms with van der Waals surface area (Å²) in [5.41, 5.74) is 7.18. The number of amides is 1. The van der Waals surface area contributed by atoms with Gasteiger partial charge in [0.1, 0.15) is 22.6 Å². The molecule has 5 N–H and O–H groups in total. The number of phenolic OH excluding ortho intramolecular Hbond substituents is 1. The van der Waals surface area contributed by atoms with Crippen molar-refractivity contribution in [3.63, 3.8) is 0 Å². The van der Waals surface area contributed by atoms with E-state index in [0.717, 1.165) is 37.9 Å². The zero-order valence-corrected chi connectivity index (χ0v) is 15.6. The Morgan fingerprint density at radius 3 is 2.88 bits per heavy atom. The molecule has 0 bridgehead atoms. The second-order valence-corrected chi connectivity index (χ2v) is 7.56. The molecule has 142 valence electrons. The Kier molecular flexibility index (Phi) is 6.14. The molecule has 1 amide bonds. The molecular weight excluding hydrogens is 328 g/mol. The molecule has 0 saturated heterocycles. The molecule has 1 saturated carbocycles. The maximum absolute atomic E-state index is 12.7. The summed E-state index contributed by atoms with van der Waals surface area (Å²) in [4.78, 5) is 20.6. The van der Waals surface area contributed by atoms with Crippen LogP contribution < -0.4 is 11.1 Å². The van der Waals surface area contributed by atoms with E-state index < -0.39 is 0 Å². The summed E-state index contributed by atoms with van der Waals surface area (Å²) in [6, 6.07) is 3.23. The van der Waals surface area contributed by atoms with Crippen LogP contribution in [-0.2, 0) is 0 Å². The number of aromatic hydroxyl groups is 1. The highest BCUT2D eigenvalue weighted by Gasteiger charge is 2.23. The third-order valence-electron chi connectivity index (χ3n) is 5.39. The summed E-state index contributed by atoms with van der Waals surface area (Å²) in [6.07, 6.45) is 7.81. The molecular formula is C20H30N4O2. The summed E-state index contributed by atoms with van der Waals surface area (Å²) in [6.45, 7) is 3.48. The number of hydrogen-bond donors (Lipinski definition) is 4. The van der Waals surface area contributed by atoms with Gasteiger partial charge in [0.2, 0.25) is 0 Å². The minimum Gasteiger partial charge on any atom is -0.506 e. The zero-order chi connectivity index (χ0) is 18.5. The van der Waals surface area contributed by atoms with Gasteiger partial charge >= 0.3 is 0 Å². The first kappa shape index (κ1) is 18.7. The summed E-state index contributed by atoms with van der Waals surface area (Å²) < 4.78 is 0. The zero-order valence-electron chi connectivity index (χ0n) is 15.6. The Morgan fingerprint density at radius 1 is 1.38 bits per heavy atom. The molecule has 0 spiro atoms. The molecule has 2 aromatic rings. The molecule has 1 heterocycles. The molecule has 26 heavy (non-hydrogen) atoms. The quantitative estimate of drug-likeness (QED) is 0.543. The summed E-state index contributed by atoms with van der Waals surface area (Å²) in [5, 5.41) is 13.2. The number of nitrogens with zero attached hydrogens (tertiary/aromatic N) is 1. The normalized spacial score (nSPS) is 16.2. The Balaban J connectivity index is 1.72. The average Bonchev–Trinajstić information content (AvgIpc) is 3.30. The molecule has 1 unspecified atom stereocenters. The first-order chi connectivity index (χ1) is 12.6. The Bertz CT molecular complexity index is 750. The van der Waals surface area contributed by atoms with Crippen LogP contribution in [0.5, 0.6) is 5.75 Å². The number of hydrogen-bond acceptors (Lipinski definition) is 4. The number of imidazole rings is 1. The summed E-state index contributed by atoms with van der Waals surface area (Å²) >= 11 is 0. The van der Waals surface area contributed by atoms with Crippen molar-refractivity contribution >= 4 is 16.9 Å². The fourth-order valence-electron chi connectivity index (χ4n) is 3.77. The van der Waals surface area contributed by atoms with E-state index in [4.69, 9.17) is 5.73 Å². The van der Waals surface area contributed by atoms with Crippen molar-refractivity contribution in [1.29, 1.82) is 0 Å². The number of phenols is 1. The van der Waals surface area contributed by atoms with Gasteiger partial charge in [-0.15, -0.1) is 0 Å². The lowest BCUT2D eigenvalue weighted by Crippen LogP contribution is -2.28. The minimum absolute atomic E-state index is 0.134. The first-order valence-corrected chi connectivity index (χ1v) is 9.80. The van der Waals surface area contributed by atoms with E-state index in [1.165, 1.54) is 12.8 Å². The number of nitrogens with one attached hydrogen (secondary N) is 2. The van der Waals surface area contributed by atoms with Crippen molar-refractivity contribution in [2.24, 2.45) is 11.7 Å². The van der Waals surface area contributed by atoms with Gasteiger partial charge < -0.3 is 21.1 Å². The van der Waals surface area contributed by atoms with Crippen LogP contribution in [0.4, 0.5) is 0 Å². The van der Waals surface area contributed by atoms with Gasteiger partial charge in [-0.1, -0.05) is 26.2 Å². The van der Waals surface area contributed by atoms with Crippen molar-refractivity contribution in [3.8, 4) is 5.75 Å². The number of benzene rings is 1. The van der Waals surface area contributed by atoms with Crippen LogP contribution in [0.25, 0.3) is 11.0 Å². The number of unbranched alkanes of at least 4 members (excludes halogenated alkanes) is 1. The van der Waals surface area contributed by atoms with Crippen molar-refractivity contribution in [2.45, 2.75) is 57.8 Å². The average molecular weight is 358 g/mol. The molecule has 6 nitrogen and oxygen atoms in total. The molecule has 0 radical (unpaired) electrons. The Labute approximate surface area is 154 Å². The van der Waals surface area contributed by atoms with Crippen LogP contribution in [0, 0.1) is 5.92 Å². The van der Waals surface area contributed by atoms with E-state index in [1.54, 1.807) is 12.1 Å². The smallest absolute Gasteiger partial charge is 0.253 e. The molecule has 1 aliphatic carbocycles. The number of rotatable bonds is 8. The first-order valence-electron chi connectivity index (χ1n) is 9.80. The Hall–Kier alpha value is -2.08. The Morgan fingerprint density at radius 2 is 2.15 bits per heavy atom. The largest absolute Gasteiger partial charge is 0.506 e. The standard InChI is InChI=1S/C20H30N4O2/c1-13(6-4-5-11-21)12-22-20(26)15-9-10-16(25)18-17(15)23-19(24-18)14-7-2-3-8-14/h9-10,13-14,25H,2-8,11-12,21H2,1H3,(H,22,26)(H,23,24). The van der Waals surface area contributed by atoms with Crippen molar-refractivity contribution in [3.05, 3.63) is 23.5 Å². The van der Waals surface area contributed by atoms with Crippen molar-refractivity contribution in [1.82, 2.24) is 15.3 Å².